The fraction of sp³-hybridized carbons (Fsp3) is 0.974. The Kier molecular flexibility index (Phi) is 37.0. The van der Waals surface area contributed by atoms with Crippen LogP contribution in [0.1, 0.15) is 239 Å². The molecule has 0 aromatic heterocycles. The Morgan fingerprint density at radius 2 is 0.537 bits per heavy atom. The van der Waals surface area contributed by atoms with Gasteiger partial charge in [-0.05, 0) is 12.8 Å². The second-order valence-corrected chi connectivity index (χ2v) is 13.3. The predicted octanol–water partition coefficient (Wildman–Crippen LogP) is 14.2. The number of ether oxygens (including phenoxy) is 1. The topological polar surface area (TPSA) is 26.3 Å². The summed E-state index contributed by atoms with van der Waals surface area (Å²) in [6.07, 6.45) is 47.5. The van der Waals surface area contributed by atoms with Crippen LogP contribution in [0.4, 0.5) is 0 Å². The lowest BCUT2D eigenvalue weighted by molar-refractivity contribution is -0.143. The van der Waals surface area contributed by atoms with Crippen molar-refractivity contribution in [3.8, 4) is 0 Å². The number of esters is 1. The highest BCUT2D eigenvalue weighted by Crippen LogP contribution is 2.16. The van der Waals surface area contributed by atoms with Crippen molar-refractivity contribution in [2.75, 3.05) is 6.61 Å². The van der Waals surface area contributed by atoms with Crippen LogP contribution in [-0.4, -0.2) is 12.6 Å². The number of carbonyl (C=O) groups is 1. The van der Waals surface area contributed by atoms with Gasteiger partial charge in [0.15, 0.2) is 0 Å². The second-order valence-electron chi connectivity index (χ2n) is 13.3. The molecule has 0 heterocycles. The van der Waals surface area contributed by atoms with E-state index in [9.17, 15) is 4.79 Å². The summed E-state index contributed by atoms with van der Waals surface area (Å²) in [5.41, 5.74) is 0. The Labute approximate surface area is 260 Å². The summed E-state index contributed by atoms with van der Waals surface area (Å²) in [5, 5.41) is 0. The van der Waals surface area contributed by atoms with Gasteiger partial charge in [0.25, 0.3) is 0 Å². The van der Waals surface area contributed by atoms with Gasteiger partial charge in [-0.25, -0.2) is 0 Å². The van der Waals surface area contributed by atoms with Gasteiger partial charge in [-0.15, -0.1) is 0 Å². The molecule has 0 aromatic rings. The first-order chi connectivity index (χ1) is 20.3. The molecule has 0 aromatic carbocycles. The molecule has 0 aliphatic carbocycles. The van der Waals surface area contributed by atoms with Crippen LogP contribution in [0.15, 0.2) is 0 Å². The molecule has 0 rings (SSSR count). The molecule has 0 unspecified atom stereocenters. The van der Waals surface area contributed by atoms with Crippen LogP contribution in [0, 0.1) is 0 Å². The number of hydrogen-bond acceptors (Lipinski definition) is 2. The van der Waals surface area contributed by atoms with E-state index in [1.807, 2.05) is 0 Å². The summed E-state index contributed by atoms with van der Waals surface area (Å²) in [6.45, 7) is 5.22. The summed E-state index contributed by atoms with van der Waals surface area (Å²) in [6, 6.07) is 0. The number of rotatable bonds is 36. The Morgan fingerprint density at radius 3 is 0.805 bits per heavy atom. The third-order valence-corrected chi connectivity index (χ3v) is 9.00. The van der Waals surface area contributed by atoms with Crippen LogP contribution < -0.4 is 0 Å². The van der Waals surface area contributed by atoms with Crippen LogP contribution in [0.5, 0.6) is 0 Å². The molecular formula is C39H78O2. The van der Waals surface area contributed by atoms with Gasteiger partial charge in [0, 0.05) is 6.42 Å². The van der Waals surface area contributed by atoms with Crippen molar-refractivity contribution in [3.05, 3.63) is 0 Å². The van der Waals surface area contributed by atoms with Gasteiger partial charge in [0.05, 0.1) is 6.61 Å². The van der Waals surface area contributed by atoms with Crippen molar-refractivity contribution >= 4 is 5.97 Å². The Balaban J connectivity index is 3.13. The van der Waals surface area contributed by atoms with E-state index in [-0.39, 0.29) is 5.97 Å². The Morgan fingerprint density at radius 1 is 0.317 bits per heavy atom. The first kappa shape index (κ1) is 40.5. The highest BCUT2D eigenvalue weighted by molar-refractivity contribution is 5.69. The summed E-state index contributed by atoms with van der Waals surface area (Å²) >= 11 is 0. The van der Waals surface area contributed by atoms with E-state index in [1.54, 1.807) is 0 Å². The van der Waals surface area contributed by atoms with Gasteiger partial charge in [0.1, 0.15) is 0 Å². The van der Waals surface area contributed by atoms with Crippen molar-refractivity contribution < 1.29 is 9.53 Å². The SMILES string of the molecule is CCCCCCCCCCCCCCCCCCCCCCCC(=O)OCCCCCCCCCCCCCCC. The first-order valence-electron chi connectivity index (χ1n) is 19.5. The first-order valence-corrected chi connectivity index (χ1v) is 19.5. The molecule has 0 fully saturated rings. The van der Waals surface area contributed by atoms with Crippen molar-refractivity contribution in [2.24, 2.45) is 0 Å². The molecule has 2 nitrogen and oxygen atoms in total. The quantitative estimate of drug-likeness (QED) is 0.0546. The maximum atomic E-state index is 11.9. The van der Waals surface area contributed by atoms with Crippen molar-refractivity contribution in [2.45, 2.75) is 239 Å². The van der Waals surface area contributed by atoms with Crippen LogP contribution in [0.3, 0.4) is 0 Å². The highest BCUT2D eigenvalue weighted by Gasteiger charge is 2.03. The molecule has 0 N–H and O–H groups in total. The summed E-state index contributed by atoms with van der Waals surface area (Å²) in [7, 11) is 0. The van der Waals surface area contributed by atoms with Gasteiger partial charge in [-0.1, -0.05) is 219 Å². The van der Waals surface area contributed by atoms with E-state index in [2.05, 4.69) is 13.8 Å². The van der Waals surface area contributed by atoms with Crippen LogP contribution >= 0.6 is 0 Å². The number of hydrogen-bond donors (Lipinski definition) is 0. The molecule has 0 aliphatic rings. The highest BCUT2D eigenvalue weighted by atomic mass is 16.5. The number of carbonyl (C=O) groups excluding carboxylic acids is 1. The smallest absolute Gasteiger partial charge is 0.305 e. The molecule has 41 heavy (non-hydrogen) atoms. The molecule has 2 heteroatoms. The van der Waals surface area contributed by atoms with E-state index in [1.165, 1.54) is 205 Å². The van der Waals surface area contributed by atoms with Gasteiger partial charge >= 0.3 is 5.97 Å². The molecular weight excluding hydrogens is 500 g/mol. The number of unbranched alkanes of at least 4 members (excludes halogenated alkanes) is 32. The largest absolute Gasteiger partial charge is 0.466 e. The zero-order chi connectivity index (χ0) is 29.7. The fourth-order valence-corrected chi connectivity index (χ4v) is 6.08. The van der Waals surface area contributed by atoms with Crippen LogP contribution in [-0.2, 0) is 9.53 Å². The van der Waals surface area contributed by atoms with Gasteiger partial charge < -0.3 is 4.74 Å². The van der Waals surface area contributed by atoms with Crippen molar-refractivity contribution in [3.63, 3.8) is 0 Å². The minimum Gasteiger partial charge on any atom is -0.466 e. The van der Waals surface area contributed by atoms with Crippen molar-refractivity contribution in [1.82, 2.24) is 0 Å². The van der Waals surface area contributed by atoms with Crippen LogP contribution in [0.2, 0.25) is 0 Å². The molecule has 0 saturated heterocycles. The molecule has 0 amide bonds. The normalized spacial score (nSPS) is 11.4. The van der Waals surface area contributed by atoms with Crippen LogP contribution in [0.25, 0.3) is 0 Å². The van der Waals surface area contributed by atoms with E-state index >= 15 is 0 Å². The van der Waals surface area contributed by atoms with Crippen molar-refractivity contribution in [1.29, 1.82) is 0 Å². The third kappa shape index (κ3) is 37.4. The van der Waals surface area contributed by atoms with E-state index in [4.69, 9.17) is 4.74 Å². The lowest BCUT2D eigenvalue weighted by atomic mass is 10.0. The molecule has 246 valence electrons. The predicted molar refractivity (Wildman–Crippen MR) is 184 cm³/mol. The zero-order valence-electron chi connectivity index (χ0n) is 28.8. The summed E-state index contributed by atoms with van der Waals surface area (Å²) in [4.78, 5) is 11.9. The van der Waals surface area contributed by atoms with E-state index < -0.39 is 0 Å². The maximum Gasteiger partial charge on any atom is 0.305 e. The lowest BCUT2D eigenvalue weighted by Crippen LogP contribution is -2.05. The standard InChI is InChI=1S/C39H78O2/c1-3-5-7-9-11-13-15-17-18-19-20-21-22-23-24-25-27-29-31-33-35-37-39(40)41-38-36-34-32-30-28-26-16-14-12-10-8-6-4-2/h3-38H2,1-2H3. The molecule has 0 spiro atoms. The Hall–Kier alpha value is -0.530. The summed E-state index contributed by atoms with van der Waals surface area (Å²) < 4.78 is 5.45. The molecule has 0 atom stereocenters. The minimum absolute atomic E-state index is 0.0294. The van der Waals surface area contributed by atoms with Gasteiger partial charge in [-0.2, -0.15) is 0 Å². The molecule has 0 aliphatic heterocycles. The molecule has 0 radical (unpaired) electrons. The van der Waals surface area contributed by atoms with Gasteiger partial charge in [-0.3, -0.25) is 4.79 Å². The summed E-state index contributed by atoms with van der Waals surface area (Å²) in [5.74, 6) is 0.0294. The minimum atomic E-state index is 0.0294. The van der Waals surface area contributed by atoms with E-state index in [0.29, 0.717) is 13.0 Å². The van der Waals surface area contributed by atoms with E-state index in [0.717, 1.165) is 12.8 Å². The molecule has 0 bridgehead atoms. The fourth-order valence-electron chi connectivity index (χ4n) is 6.08. The second kappa shape index (κ2) is 37.5. The lowest BCUT2D eigenvalue weighted by Gasteiger charge is -2.06. The van der Waals surface area contributed by atoms with Gasteiger partial charge in [0.2, 0.25) is 0 Å². The average molecular weight is 579 g/mol. The monoisotopic (exact) mass is 579 g/mol. The molecule has 0 saturated carbocycles. The maximum absolute atomic E-state index is 11.9. The Bertz CT molecular complexity index is 474. The third-order valence-electron chi connectivity index (χ3n) is 9.00. The zero-order valence-corrected chi connectivity index (χ0v) is 28.8. The average Bonchev–Trinajstić information content (AvgIpc) is 2.98.